The molecule has 0 unspecified atom stereocenters. The average molecular weight is 516 g/mol. The van der Waals surface area contributed by atoms with Crippen molar-refractivity contribution >= 4 is 28.5 Å². The first-order valence-corrected chi connectivity index (χ1v) is 13.0. The van der Waals surface area contributed by atoms with Gasteiger partial charge in [-0.15, -0.1) is 0 Å². The summed E-state index contributed by atoms with van der Waals surface area (Å²) in [6.45, 7) is 5.12. The van der Waals surface area contributed by atoms with Gasteiger partial charge in [0.1, 0.15) is 0 Å². The molecule has 0 aliphatic carbocycles. The number of nitriles is 1. The van der Waals surface area contributed by atoms with Crippen LogP contribution in [0, 0.1) is 11.3 Å². The molecule has 5 rings (SSSR count). The predicted molar refractivity (Wildman–Crippen MR) is 145 cm³/mol. The van der Waals surface area contributed by atoms with Crippen LogP contribution in [0.2, 0.25) is 0 Å². The van der Waals surface area contributed by atoms with E-state index in [0.717, 1.165) is 36.2 Å². The van der Waals surface area contributed by atoms with Crippen molar-refractivity contribution in [2.75, 3.05) is 44.2 Å². The zero-order valence-electron chi connectivity index (χ0n) is 21.9. The third kappa shape index (κ3) is 4.65. The molecule has 2 aliphatic heterocycles. The minimum atomic E-state index is -0.213. The SMILES string of the molecule is CC(=O)N1CCN(C(=O)c2cc(N3CCC[C@@H](N)C3)c3c(c2)n(C)c(=O)n3Cc2ccccc2C#N)CC1. The van der Waals surface area contributed by atoms with Gasteiger partial charge in [-0.1, -0.05) is 18.2 Å². The van der Waals surface area contributed by atoms with Crippen LogP contribution in [-0.2, 0) is 18.4 Å². The minimum absolute atomic E-state index is 0.000940. The maximum absolute atomic E-state index is 13.6. The second-order valence-electron chi connectivity index (χ2n) is 10.2. The van der Waals surface area contributed by atoms with Crippen LogP contribution in [0.5, 0.6) is 0 Å². The Morgan fingerprint density at radius 2 is 1.79 bits per heavy atom. The Balaban J connectivity index is 1.61. The minimum Gasteiger partial charge on any atom is -0.368 e. The molecule has 2 N–H and O–H groups in total. The first-order chi connectivity index (χ1) is 18.3. The number of anilines is 1. The molecule has 2 fully saturated rings. The monoisotopic (exact) mass is 515 g/mol. The number of amides is 2. The molecule has 10 heteroatoms. The van der Waals surface area contributed by atoms with E-state index >= 15 is 0 Å². The van der Waals surface area contributed by atoms with Crippen molar-refractivity contribution in [3.8, 4) is 6.07 Å². The van der Waals surface area contributed by atoms with Gasteiger partial charge in [0.15, 0.2) is 0 Å². The van der Waals surface area contributed by atoms with Gasteiger partial charge < -0.3 is 20.4 Å². The Morgan fingerprint density at radius 3 is 2.47 bits per heavy atom. The number of aromatic nitrogens is 2. The van der Waals surface area contributed by atoms with Gasteiger partial charge in [-0.3, -0.25) is 18.7 Å². The highest BCUT2D eigenvalue weighted by Crippen LogP contribution is 2.32. The van der Waals surface area contributed by atoms with Gasteiger partial charge in [-0.2, -0.15) is 5.26 Å². The molecule has 2 aliphatic rings. The van der Waals surface area contributed by atoms with Gasteiger partial charge >= 0.3 is 5.69 Å². The highest BCUT2D eigenvalue weighted by molar-refractivity contribution is 6.02. The third-order valence-electron chi connectivity index (χ3n) is 7.74. The van der Waals surface area contributed by atoms with E-state index in [2.05, 4.69) is 11.0 Å². The number of fused-ring (bicyclic) bond motifs is 1. The lowest BCUT2D eigenvalue weighted by atomic mass is 10.0. The zero-order chi connectivity index (χ0) is 27.0. The molecule has 10 nitrogen and oxygen atoms in total. The summed E-state index contributed by atoms with van der Waals surface area (Å²) < 4.78 is 3.27. The van der Waals surface area contributed by atoms with Gasteiger partial charge in [-0.05, 0) is 36.6 Å². The number of rotatable bonds is 4. The molecular formula is C28H33N7O3. The number of piperidine rings is 1. The number of piperazine rings is 1. The Labute approximate surface area is 221 Å². The van der Waals surface area contributed by atoms with Crippen molar-refractivity contribution in [3.63, 3.8) is 0 Å². The average Bonchev–Trinajstić information content (AvgIpc) is 3.17. The highest BCUT2D eigenvalue weighted by Gasteiger charge is 2.28. The maximum Gasteiger partial charge on any atom is 0.329 e. The quantitative estimate of drug-likeness (QED) is 0.562. The summed E-state index contributed by atoms with van der Waals surface area (Å²) in [5.74, 6) is -0.107. The fourth-order valence-corrected chi connectivity index (χ4v) is 5.60. The van der Waals surface area contributed by atoms with E-state index in [-0.39, 0.29) is 30.1 Å². The molecule has 0 saturated carbocycles. The van der Waals surface area contributed by atoms with Crippen LogP contribution < -0.4 is 16.3 Å². The summed E-state index contributed by atoms with van der Waals surface area (Å²) in [7, 11) is 1.71. The van der Waals surface area contributed by atoms with E-state index in [9.17, 15) is 19.6 Å². The molecule has 2 amide bonds. The summed E-state index contributed by atoms with van der Waals surface area (Å²) in [4.78, 5) is 44.6. The van der Waals surface area contributed by atoms with Gasteiger partial charge in [0, 0.05) is 64.8 Å². The summed E-state index contributed by atoms with van der Waals surface area (Å²) in [5, 5.41) is 9.61. The van der Waals surface area contributed by atoms with Crippen molar-refractivity contribution in [1.29, 1.82) is 5.26 Å². The molecule has 3 aromatic rings. The van der Waals surface area contributed by atoms with E-state index in [1.807, 2.05) is 24.3 Å². The van der Waals surface area contributed by atoms with E-state index in [4.69, 9.17) is 5.73 Å². The Hall–Kier alpha value is -4.10. The number of benzene rings is 2. The normalized spacial score (nSPS) is 18.1. The third-order valence-corrected chi connectivity index (χ3v) is 7.74. The van der Waals surface area contributed by atoms with Crippen molar-refractivity contribution in [2.24, 2.45) is 12.8 Å². The molecule has 0 radical (unpaired) electrons. The number of carbonyl (C=O) groups is 2. The molecule has 0 spiro atoms. The zero-order valence-corrected chi connectivity index (χ0v) is 21.9. The van der Waals surface area contributed by atoms with E-state index in [1.54, 1.807) is 45.0 Å². The number of nitrogens with zero attached hydrogens (tertiary/aromatic N) is 6. The fourth-order valence-electron chi connectivity index (χ4n) is 5.60. The first-order valence-electron chi connectivity index (χ1n) is 13.0. The van der Waals surface area contributed by atoms with E-state index < -0.39 is 0 Å². The fraction of sp³-hybridized carbons (Fsp3) is 0.429. The van der Waals surface area contributed by atoms with Gasteiger partial charge in [-0.25, -0.2) is 4.79 Å². The van der Waals surface area contributed by atoms with Crippen LogP contribution in [0.1, 0.15) is 41.3 Å². The molecule has 1 atom stereocenters. The number of nitrogens with two attached hydrogens (primary N) is 1. The van der Waals surface area contributed by atoms with Crippen molar-refractivity contribution in [2.45, 2.75) is 32.4 Å². The van der Waals surface area contributed by atoms with Crippen LogP contribution >= 0.6 is 0 Å². The molecule has 38 heavy (non-hydrogen) atoms. The maximum atomic E-state index is 13.6. The van der Waals surface area contributed by atoms with Crippen molar-refractivity contribution in [3.05, 3.63) is 63.6 Å². The van der Waals surface area contributed by atoms with Crippen LogP contribution in [0.15, 0.2) is 41.2 Å². The number of carbonyl (C=O) groups excluding carboxylic acids is 2. The Kier molecular flexibility index (Phi) is 6.95. The molecular weight excluding hydrogens is 482 g/mol. The molecule has 2 aromatic carbocycles. The molecule has 1 aromatic heterocycles. The first kappa shape index (κ1) is 25.5. The number of hydrogen-bond acceptors (Lipinski definition) is 6. The summed E-state index contributed by atoms with van der Waals surface area (Å²) in [5.41, 5.74) is 10.1. The van der Waals surface area contributed by atoms with Gasteiger partial charge in [0.25, 0.3) is 5.91 Å². The molecule has 198 valence electrons. The summed E-state index contributed by atoms with van der Waals surface area (Å²) in [6.07, 6.45) is 1.85. The summed E-state index contributed by atoms with van der Waals surface area (Å²) in [6, 6.07) is 13.2. The van der Waals surface area contributed by atoms with E-state index in [1.165, 1.54) is 0 Å². The number of imidazole rings is 1. The number of aryl methyl sites for hydroxylation is 1. The lowest BCUT2D eigenvalue weighted by molar-refractivity contribution is -0.130. The standard InChI is InChI=1S/C28H33N7O3/c1-19(36)32-10-12-33(13-11-32)27(37)22-14-24-26(25(15-22)34-9-5-8-23(30)18-34)35(28(38)31(24)2)17-21-7-4-3-6-20(21)16-29/h3-4,6-7,14-15,23H,5,8-13,17-18,30H2,1-2H3/t23-/m1/s1. The van der Waals surface area contributed by atoms with Crippen molar-refractivity contribution < 1.29 is 9.59 Å². The lowest BCUT2D eigenvalue weighted by Crippen LogP contribution is -2.50. The topological polar surface area (TPSA) is 121 Å². The van der Waals surface area contributed by atoms with Crippen LogP contribution in [0.25, 0.3) is 11.0 Å². The highest BCUT2D eigenvalue weighted by atomic mass is 16.2. The van der Waals surface area contributed by atoms with Gasteiger partial charge in [0.2, 0.25) is 5.91 Å². The Bertz CT molecular complexity index is 1490. The van der Waals surface area contributed by atoms with E-state index in [0.29, 0.717) is 49.4 Å². The van der Waals surface area contributed by atoms with Crippen LogP contribution in [0.4, 0.5) is 5.69 Å². The lowest BCUT2D eigenvalue weighted by Gasteiger charge is -2.35. The van der Waals surface area contributed by atoms with Gasteiger partial charge in [0.05, 0.1) is 34.9 Å². The van der Waals surface area contributed by atoms with Crippen molar-refractivity contribution in [1.82, 2.24) is 18.9 Å². The molecule has 0 bridgehead atoms. The Morgan fingerprint density at radius 1 is 1.08 bits per heavy atom. The summed E-state index contributed by atoms with van der Waals surface area (Å²) >= 11 is 0. The molecule has 2 saturated heterocycles. The van der Waals surface area contributed by atoms with Crippen LogP contribution in [-0.4, -0.2) is 76.1 Å². The number of hydrogen-bond donors (Lipinski definition) is 1. The van der Waals surface area contributed by atoms with Crippen LogP contribution in [0.3, 0.4) is 0 Å². The second-order valence-corrected chi connectivity index (χ2v) is 10.2. The smallest absolute Gasteiger partial charge is 0.329 e. The molecule has 3 heterocycles. The second kappa shape index (κ2) is 10.3. The largest absolute Gasteiger partial charge is 0.368 e. The predicted octanol–water partition coefficient (Wildman–Crippen LogP) is 1.49.